The van der Waals surface area contributed by atoms with Crippen LogP contribution in [0.5, 0.6) is 0 Å². The van der Waals surface area contributed by atoms with Gasteiger partial charge in [0.05, 0.1) is 25.4 Å². The maximum absolute atomic E-state index is 13.0. The van der Waals surface area contributed by atoms with Crippen molar-refractivity contribution in [3.63, 3.8) is 0 Å². The van der Waals surface area contributed by atoms with Crippen LogP contribution in [0.3, 0.4) is 0 Å². The Balaban J connectivity index is 2.29. The zero-order chi connectivity index (χ0) is 48.7. The first kappa shape index (κ1) is 61.1. The van der Waals surface area contributed by atoms with Gasteiger partial charge in [0.15, 0.2) is 6.29 Å². The van der Waals surface area contributed by atoms with Crippen molar-refractivity contribution in [3.05, 3.63) is 146 Å². The summed E-state index contributed by atoms with van der Waals surface area (Å²) < 4.78 is 11.2. The second-order valence-corrected chi connectivity index (χ2v) is 16.9. The molecule has 7 atom stereocenters. The number of allylic oxidation sites excluding steroid dienone is 23. The molecule has 0 aromatic carbocycles. The summed E-state index contributed by atoms with van der Waals surface area (Å²) in [5.41, 5.74) is 0. The fourth-order valence-corrected chi connectivity index (χ4v) is 6.84. The van der Waals surface area contributed by atoms with Gasteiger partial charge in [0.25, 0.3) is 0 Å². The van der Waals surface area contributed by atoms with Gasteiger partial charge >= 0.3 is 0 Å². The molecule has 7 unspecified atom stereocenters. The van der Waals surface area contributed by atoms with E-state index < -0.39 is 49.5 Å². The number of unbranched alkanes of at least 4 members (excludes halogenated alkanes) is 8. The SMILES string of the molecule is CC/C=C\C/C=C\C/C=C\C/C=C\C/C=C\C/C=C\C/C=C\C/C=C\C/C=C\C/C=C\CCCCC(=O)NC(COC1OC(CO)C(O)C(O)C1O)C(O)/C=C/CC/C=C/CCCCCCC. The first-order chi connectivity index (χ1) is 32.8. The molecule has 0 bridgehead atoms. The molecule has 1 amide bonds. The Kier molecular flexibility index (Phi) is 41.8. The quantitative estimate of drug-likeness (QED) is 0.0263. The molecule has 9 heteroatoms. The highest BCUT2D eigenvalue weighted by Gasteiger charge is 2.44. The third-order valence-corrected chi connectivity index (χ3v) is 10.9. The Morgan fingerprint density at radius 2 is 0.940 bits per heavy atom. The van der Waals surface area contributed by atoms with Gasteiger partial charge in [-0.05, 0) is 109 Å². The van der Waals surface area contributed by atoms with E-state index >= 15 is 0 Å². The number of aliphatic hydroxyl groups is 5. The van der Waals surface area contributed by atoms with Crippen molar-refractivity contribution in [1.29, 1.82) is 0 Å². The molecule has 0 aliphatic carbocycles. The van der Waals surface area contributed by atoms with Crippen LogP contribution in [0.2, 0.25) is 0 Å². The minimum atomic E-state index is -1.59. The maximum Gasteiger partial charge on any atom is 0.220 e. The van der Waals surface area contributed by atoms with Gasteiger partial charge in [-0.3, -0.25) is 4.79 Å². The largest absolute Gasteiger partial charge is 0.394 e. The molecule has 0 aromatic rings. The van der Waals surface area contributed by atoms with Crippen LogP contribution < -0.4 is 5.32 Å². The van der Waals surface area contributed by atoms with Crippen LogP contribution in [-0.4, -0.2) is 87.5 Å². The minimum absolute atomic E-state index is 0.229. The van der Waals surface area contributed by atoms with Gasteiger partial charge in [-0.2, -0.15) is 0 Å². The van der Waals surface area contributed by atoms with Crippen molar-refractivity contribution >= 4 is 5.91 Å². The Morgan fingerprint density at radius 1 is 0.522 bits per heavy atom. The first-order valence-electron chi connectivity index (χ1n) is 25.6. The monoisotopic (exact) mass is 930 g/mol. The minimum Gasteiger partial charge on any atom is -0.394 e. The van der Waals surface area contributed by atoms with E-state index in [-0.39, 0.29) is 18.9 Å². The molecular weight excluding hydrogens is 839 g/mol. The molecule has 0 radical (unpaired) electrons. The summed E-state index contributed by atoms with van der Waals surface area (Å²) in [5.74, 6) is -0.239. The third kappa shape index (κ3) is 35.8. The number of rotatable bonds is 40. The van der Waals surface area contributed by atoms with Crippen molar-refractivity contribution in [2.24, 2.45) is 0 Å². The molecule has 9 nitrogen and oxygen atoms in total. The fraction of sp³-hybridized carbons (Fsp3) is 0.569. The van der Waals surface area contributed by atoms with E-state index in [2.05, 4.69) is 153 Å². The number of amides is 1. The number of carbonyl (C=O) groups is 1. The lowest BCUT2D eigenvalue weighted by atomic mass is 9.99. The highest BCUT2D eigenvalue weighted by molar-refractivity contribution is 5.76. The van der Waals surface area contributed by atoms with Gasteiger partial charge in [-0.25, -0.2) is 0 Å². The molecule has 0 aromatic heterocycles. The highest BCUT2D eigenvalue weighted by Crippen LogP contribution is 2.22. The van der Waals surface area contributed by atoms with Crippen LogP contribution in [-0.2, 0) is 14.3 Å². The standard InChI is InChI=1S/C58H91NO8/c1-3-5-7-9-11-13-15-16-17-18-19-20-21-22-23-24-25-26-27-28-29-30-31-32-33-34-35-36-38-40-42-44-46-48-54(62)59-51(50-66-58-57(65)56(64)55(63)53(49-60)67-58)52(61)47-45-43-41-39-37-14-12-10-8-6-4-2/h5,7,11,13,16-17,19-20,22-23,25-26,28-29,31-32,34-35,37-40,45,47,51-53,55-58,60-61,63-65H,3-4,6,8-10,12,14-15,18,21,24,27,30,33,36,41-44,46,48-50H2,1-2H3,(H,59,62)/b7-5-,13-11-,17-16-,20-19-,23-22-,26-25-,29-28-,32-31-,35-34-,39-37+,40-38-,47-45+. The molecular formula is C58H91NO8. The summed E-state index contributed by atoms with van der Waals surface area (Å²) in [6.45, 7) is 3.56. The summed E-state index contributed by atoms with van der Waals surface area (Å²) in [4.78, 5) is 13.0. The zero-order valence-electron chi connectivity index (χ0n) is 41.3. The Hall–Kier alpha value is -3.93. The first-order valence-corrected chi connectivity index (χ1v) is 25.6. The van der Waals surface area contributed by atoms with E-state index in [1.165, 1.54) is 32.1 Å². The highest BCUT2D eigenvalue weighted by atomic mass is 16.7. The molecule has 1 saturated heterocycles. The van der Waals surface area contributed by atoms with Gasteiger partial charge < -0.3 is 40.3 Å². The summed E-state index contributed by atoms with van der Waals surface area (Å²) in [6, 6.07) is -0.855. The van der Waals surface area contributed by atoms with E-state index in [9.17, 15) is 30.3 Å². The number of nitrogens with one attached hydrogen (secondary N) is 1. The molecule has 67 heavy (non-hydrogen) atoms. The lowest BCUT2D eigenvalue weighted by Crippen LogP contribution is -2.60. The van der Waals surface area contributed by atoms with Gasteiger partial charge in [-0.15, -0.1) is 0 Å². The van der Waals surface area contributed by atoms with Gasteiger partial charge in [-0.1, -0.05) is 185 Å². The van der Waals surface area contributed by atoms with Gasteiger partial charge in [0, 0.05) is 6.42 Å². The number of hydrogen-bond acceptors (Lipinski definition) is 8. The van der Waals surface area contributed by atoms with Crippen molar-refractivity contribution in [3.8, 4) is 0 Å². The van der Waals surface area contributed by atoms with Crippen LogP contribution in [0.15, 0.2) is 146 Å². The number of aliphatic hydroxyl groups excluding tert-OH is 5. The summed E-state index contributed by atoms with van der Waals surface area (Å²) in [5, 5.41) is 54.1. The Morgan fingerprint density at radius 3 is 1.42 bits per heavy atom. The van der Waals surface area contributed by atoms with E-state index in [0.29, 0.717) is 6.42 Å². The molecule has 0 spiro atoms. The topological polar surface area (TPSA) is 149 Å². The molecule has 1 rings (SSSR count). The Bertz CT molecular complexity index is 1550. The zero-order valence-corrected chi connectivity index (χ0v) is 41.3. The smallest absolute Gasteiger partial charge is 0.220 e. The van der Waals surface area contributed by atoms with Crippen LogP contribution in [0.25, 0.3) is 0 Å². The maximum atomic E-state index is 13.0. The van der Waals surface area contributed by atoms with E-state index in [1.54, 1.807) is 6.08 Å². The van der Waals surface area contributed by atoms with Crippen molar-refractivity contribution in [2.75, 3.05) is 13.2 Å². The third-order valence-electron chi connectivity index (χ3n) is 10.9. The van der Waals surface area contributed by atoms with Crippen LogP contribution >= 0.6 is 0 Å². The van der Waals surface area contributed by atoms with Crippen LogP contribution in [0.4, 0.5) is 0 Å². The Labute approximate surface area is 406 Å². The summed E-state index contributed by atoms with van der Waals surface area (Å²) in [6.07, 6.45) is 64.8. The fourth-order valence-electron chi connectivity index (χ4n) is 6.84. The van der Waals surface area contributed by atoms with Crippen molar-refractivity contribution < 1.29 is 39.8 Å². The number of hydrogen-bond donors (Lipinski definition) is 6. The molecule has 1 heterocycles. The summed E-state index contributed by atoms with van der Waals surface area (Å²) >= 11 is 0. The molecule has 376 valence electrons. The van der Waals surface area contributed by atoms with Gasteiger partial charge in [0.2, 0.25) is 5.91 Å². The lowest BCUT2D eigenvalue weighted by Gasteiger charge is -2.40. The van der Waals surface area contributed by atoms with E-state index in [4.69, 9.17) is 9.47 Å². The van der Waals surface area contributed by atoms with E-state index in [1.807, 2.05) is 6.08 Å². The molecule has 6 N–H and O–H groups in total. The van der Waals surface area contributed by atoms with Crippen molar-refractivity contribution in [2.45, 2.75) is 198 Å². The predicted octanol–water partition coefficient (Wildman–Crippen LogP) is 11.9. The van der Waals surface area contributed by atoms with Crippen molar-refractivity contribution in [1.82, 2.24) is 5.32 Å². The predicted molar refractivity (Wildman–Crippen MR) is 280 cm³/mol. The second kappa shape index (κ2) is 45.8. The van der Waals surface area contributed by atoms with E-state index in [0.717, 1.165) is 96.3 Å². The second-order valence-electron chi connectivity index (χ2n) is 16.9. The van der Waals surface area contributed by atoms with Crippen LogP contribution in [0, 0.1) is 0 Å². The lowest BCUT2D eigenvalue weighted by molar-refractivity contribution is -0.302. The molecule has 0 saturated carbocycles. The summed E-state index contributed by atoms with van der Waals surface area (Å²) in [7, 11) is 0. The molecule has 1 aliphatic heterocycles. The molecule has 1 fully saturated rings. The average Bonchev–Trinajstić information content (AvgIpc) is 3.33. The molecule has 1 aliphatic rings. The van der Waals surface area contributed by atoms with Gasteiger partial charge in [0.1, 0.15) is 24.4 Å². The normalized spacial score (nSPS) is 21.0. The number of ether oxygens (including phenoxy) is 2. The number of carbonyl (C=O) groups excluding carboxylic acids is 1. The average molecular weight is 930 g/mol. The van der Waals surface area contributed by atoms with Crippen LogP contribution in [0.1, 0.15) is 155 Å².